The zero-order valence-electron chi connectivity index (χ0n) is 70.4. The monoisotopic (exact) mass is 2290 g/mol. The summed E-state index contributed by atoms with van der Waals surface area (Å²) in [6, 6.07) is 27.5. The molecule has 4 aliphatic rings. The zero-order valence-corrected chi connectivity index (χ0v) is 82.5. The van der Waals surface area contributed by atoms with Gasteiger partial charge in [0.2, 0.25) is 56.6 Å². The van der Waals surface area contributed by atoms with Crippen LogP contribution in [0.5, 0.6) is 58.8 Å². The smallest absolute Gasteiger partial charge is 0.339 e. The lowest BCUT2D eigenvalue weighted by Crippen LogP contribution is -2.29. The molecule has 19 rings (SSSR count). The highest BCUT2D eigenvalue weighted by molar-refractivity contribution is 8.24. The van der Waals surface area contributed by atoms with Gasteiger partial charge in [-0.15, -0.1) is 0 Å². The van der Waals surface area contributed by atoms with E-state index >= 15 is 0 Å². The second kappa shape index (κ2) is 46.4. The van der Waals surface area contributed by atoms with Crippen molar-refractivity contribution in [2.75, 3.05) is 5.73 Å². The fourth-order valence-corrected chi connectivity index (χ4v) is 16.9. The highest BCUT2D eigenvalue weighted by atomic mass is 36.0. The second-order valence-electron chi connectivity index (χ2n) is 28.7. The number of nitro benzene ring substituents is 5. The lowest BCUT2D eigenvalue weighted by Gasteiger charge is -2.27. The predicted octanol–water partition coefficient (Wildman–Crippen LogP) is 16.4. The number of aromatic nitrogens is 20. The van der Waals surface area contributed by atoms with Crippen LogP contribution in [0.1, 0.15) is 128 Å². The number of fused-ring (bicyclic) bond motifs is 8. The molecule has 54 nitrogen and oxygen atoms in total. The third-order valence-corrected chi connectivity index (χ3v) is 22.6. The molecule has 0 spiro atoms. The first-order chi connectivity index (χ1) is 66.6. The Morgan fingerprint density at radius 1 is 0.329 bits per heavy atom. The van der Waals surface area contributed by atoms with Crippen LogP contribution in [-0.4, -0.2) is 140 Å². The van der Waals surface area contributed by atoms with Gasteiger partial charge in [-0.3, -0.25) is 133 Å². The van der Waals surface area contributed by atoms with Gasteiger partial charge in [0.25, 0.3) is 72.9 Å². The molecular formula is C77H63Cl4N28O26PS10. The van der Waals surface area contributed by atoms with E-state index in [9.17, 15) is 104 Å². The summed E-state index contributed by atoms with van der Waals surface area (Å²) in [5.41, 5.74) is 4.20. The van der Waals surface area contributed by atoms with Gasteiger partial charge in [0, 0.05) is 60.7 Å². The molecule has 0 bridgehead atoms. The number of nitrogen functional groups attached to an aromatic ring is 1. The molecule has 0 fully saturated rings. The average Bonchev–Trinajstić information content (AvgIpc) is 0.748. The van der Waals surface area contributed by atoms with Crippen molar-refractivity contribution in [1.82, 2.24) is 112 Å². The Kier molecular flexibility index (Phi) is 36.2. The summed E-state index contributed by atoms with van der Waals surface area (Å²) in [5.74, 6) is -4.73. The van der Waals surface area contributed by atoms with E-state index in [4.69, 9.17) is 158 Å². The van der Waals surface area contributed by atoms with Gasteiger partial charge in [0.1, 0.15) is 11.0 Å². The van der Waals surface area contributed by atoms with Crippen LogP contribution < -0.4 is 81.5 Å². The molecule has 760 valence electrons. The molecule has 14 heterocycles. The Bertz CT molecular complexity index is 8430. The van der Waals surface area contributed by atoms with Crippen LogP contribution >= 0.6 is 173 Å². The minimum absolute atomic E-state index is 0. The Labute approximate surface area is 875 Å². The van der Waals surface area contributed by atoms with E-state index in [1.165, 1.54) is 84.9 Å². The number of non-ortho nitro benzene ring substituents is 5. The van der Waals surface area contributed by atoms with Crippen LogP contribution in [0.25, 0.3) is 0 Å². The maximum absolute atomic E-state index is 12.6. The number of H-pyrrole nitrogens is 18. The predicted molar refractivity (Wildman–Crippen MR) is 552 cm³/mol. The average molecular weight is 2290 g/mol. The fraction of sp³-hybridized carbons (Fsp3) is 0.0909. The number of anilines is 1. The molecule has 2 atom stereocenters. The van der Waals surface area contributed by atoms with Crippen LogP contribution in [0.2, 0.25) is 5.15 Å². The van der Waals surface area contributed by atoms with E-state index in [-0.39, 0.29) is 217 Å². The van der Waals surface area contributed by atoms with Crippen molar-refractivity contribution >= 4 is 207 Å². The highest BCUT2D eigenvalue weighted by Gasteiger charge is 2.41. The lowest BCUT2D eigenvalue weighted by molar-refractivity contribution is -0.385. The summed E-state index contributed by atoms with van der Waals surface area (Å²) in [6.45, 7) is 0. The quantitative estimate of drug-likeness (QED) is 0.0178. The van der Waals surface area contributed by atoms with Gasteiger partial charge in [-0.2, -0.15) is 9.97 Å². The number of aromatic amines is 18. The molecule has 5 aromatic carbocycles. The first-order valence-electron chi connectivity index (χ1n) is 38.2. The molecule has 15 aromatic rings. The van der Waals surface area contributed by atoms with Crippen molar-refractivity contribution in [3.63, 3.8) is 0 Å². The molecule has 146 heavy (non-hydrogen) atoms. The lowest BCUT2D eigenvalue weighted by atomic mass is 9.85. The van der Waals surface area contributed by atoms with E-state index < -0.39 is 116 Å². The summed E-state index contributed by atoms with van der Waals surface area (Å²) < 4.78 is 32.4. The summed E-state index contributed by atoms with van der Waals surface area (Å²) in [7, 11) is 0. The van der Waals surface area contributed by atoms with E-state index in [2.05, 4.69) is 133 Å². The molecule has 0 saturated carbocycles. The number of hydrogen-bond acceptors (Lipinski definition) is 40. The minimum Gasteiger partial charge on any atom is -0.494 e. The summed E-state index contributed by atoms with van der Waals surface area (Å²) in [5, 5.41) is 72.1. The number of benzene rings is 5. The van der Waals surface area contributed by atoms with E-state index in [1.54, 1.807) is 24.3 Å². The van der Waals surface area contributed by atoms with E-state index in [1.807, 2.05) is 0 Å². The number of hydrogen-bond donors (Lipinski definition) is 23. The number of ether oxygens (including phenoxy) is 4. The zero-order chi connectivity index (χ0) is 102. The Hall–Kier alpha value is -15.6. The Morgan fingerprint density at radius 3 is 0.781 bits per heavy atom. The maximum atomic E-state index is 12.6. The number of halogens is 4. The first kappa shape index (κ1) is 114. The van der Waals surface area contributed by atoms with Crippen molar-refractivity contribution < 1.29 is 63.8 Å². The third-order valence-electron chi connectivity index (χ3n) is 20.3. The van der Waals surface area contributed by atoms with Crippen LogP contribution in [0, 0.1) is 98.3 Å². The largest absolute Gasteiger partial charge is 0.494 e. The molecule has 0 saturated heterocycles. The molecule has 4 aliphatic heterocycles. The maximum Gasteiger partial charge on any atom is 0.339 e. The number of nitrogens with one attached hydrogen (secondary N) is 18. The SMILES string of the molecule is C.C.N.N.Nc1[nH]c(=S)nc2c1C(c1ccc([N+](=O)[O-])cc1)c1c([nH]c(=S)[nH]c1=O)O2.O.O=P(Cl)(Cl)Cl.O=c1[nH]c(=S)[nH]c(O)c1C(c1ccc([N+](=O)[O-])cc1)c1c(O)[nH]c(=S)[nH]c1=O.O=c1[nH]c(=S)[nH]c2c1C(c1ccc([N+](=O)[O-])cc1)c1c([nH]c(=S)[nH]c1=O)O2.O=c1[nH]c(=S)[nH]c2c1C(c1ccc([N+](=O)[O-])cc1)c1c([nH]c(=S)[nH]c1=O)O2.O=c1[nH]c(=S)[nH]c2c1C(c1ccc([N+](=O)[O-])cc1)c1c(nc(=S)[nH]c1Cl)O2. The number of rotatable bonds is 12. The fourth-order valence-electron chi connectivity index (χ4n) is 14.7. The molecule has 30 N–H and O–H groups in total. The summed E-state index contributed by atoms with van der Waals surface area (Å²) >= 11 is 69.7. The first-order valence-corrected chi connectivity index (χ1v) is 47.1. The molecule has 10 aromatic heterocycles. The number of nitro groups is 5. The normalized spacial score (nSPS) is 12.7. The topological polar surface area (TPSA) is 884 Å². The summed E-state index contributed by atoms with van der Waals surface area (Å²) in [4.78, 5) is 207. The standard InChI is InChI=1S/C15H8ClN5O4S2.C15H10N6O4S2.C15H11N5O6S2.2C15H9N5O5S2.2CH4.Cl3OP.2H3N.H2O/c2*16-10-8-7(5-1-3-6(4-2-5)21(23)24)9-11(22)18-15(27)20-13(9)25-12(8)19-14(26)17-10;21-10-8(11(22)17-14(27)16-10)7(5-1-3-6(4-2-5)20(25)26)9-12(23)18-15(28)19-13(9)24;2*21-10-8-7(5-1-3-6(4-2-5)20(23)24)9-11(22)17-15(27)19-13(9)25-12(8)18-14(26)16-10;;;1-5(2,3)4;;;/h1-4,7H,(H,17,19,26)(H2,18,20,22,27);1-4,7H,(H3,16,17,19,26)(H2,18,20,22,27);1-4,7H,(H3,16,17,21,22,27)(H3,18,19,23,24,28);2*1-4,7H,(H2,16,18,21,26)(H2,17,19,22,27);2*1H4;;2*1H3;1H2. The van der Waals surface area contributed by atoms with Crippen molar-refractivity contribution in [1.29, 1.82) is 0 Å². The van der Waals surface area contributed by atoms with Crippen LogP contribution in [0.4, 0.5) is 34.3 Å². The van der Waals surface area contributed by atoms with Crippen molar-refractivity contribution in [3.05, 3.63) is 391 Å². The highest BCUT2D eigenvalue weighted by Crippen LogP contribution is 2.61. The molecule has 69 heteroatoms. The molecular weight excluding hydrogens is 2230 g/mol. The molecule has 0 aliphatic carbocycles. The Balaban J connectivity index is 0.000000199. The van der Waals surface area contributed by atoms with Crippen molar-refractivity contribution in [2.45, 2.75) is 44.4 Å². The van der Waals surface area contributed by atoms with Crippen LogP contribution in [0.15, 0.2) is 160 Å². The van der Waals surface area contributed by atoms with Gasteiger partial charge >= 0.3 is 5.20 Å². The number of nitrogens with two attached hydrogens (primary N) is 1. The third kappa shape index (κ3) is 24.7. The molecule has 0 radical (unpaired) electrons. The van der Waals surface area contributed by atoms with Crippen LogP contribution in [0.3, 0.4) is 0 Å². The van der Waals surface area contributed by atoms with Gasteiger partial charge in [0.05, 0.1) is 110 Å². The van der Waals surface area contributed by atoms with Gasteiger partial charge in [-0.25, -0.2) is 0 Å². The van der Waals surface area contributed by atoms with Gasteiger partial charge in [0.15, 0.2) is 49.9 Å². The number of aromatic hydroxyl groups is 2. The van der Waals surface area contributed by atoms with Gasteiger partial charge in [-0.1, -0.05) is 87.1 Å². The minimum atomic E-state index is -3.22. The van der Waals surface area contributed by atoms with Crippen molar-refractivity contribution in [3.8, 4) is 58.8 Å². The van der Waals surface area contributed by atoms with Gasteiger partial charge in [-0.05, 0) is 184 Å². The second-order valence-corrected chi connectivity index (χ2v) is 39.8. The number of nitrogens with zero attached hydrogens (tertiary/aromatic N) is 7. The van der Waals surface area contributed by atoms with Crippen LogP contribution in [-0.2, 0) is 4.57 Å². The Morgan fingerprint density at radius 2 is 0.534 bits per heavy atom. The van der Waals surface area contributed by atoms with E-state index in [0.29, 0.717) is 33.4 Å². The van der Waals surface area contributed by atoms with Gasteiger partial charge < -0.3 is 103 Å². The molecule has 2 unspecified atom stereocenters. The van der Waals surface area contributed by atoms with E-state index in [0.717, 1.165) is 12.1 Å². The molecule has 0 amide bonds. The summed E-state index contributed by atoms with van der Waals surface area (Å²) in [6.07, 6.45) is 0. The van der Waals surface area contributed by atoms with Crippen molar-refractivity contribution in [2.24, 2.45) is 0 Å².